The van der Waals surface area contributed by atoms with E-state index in [4.69, 9.17) is 0 Å². The number of hydrogen-bond donors (Lipinski definition) is 1. The molecule has 0 aliphatic heterocycles. The zero-order chi connectivity index (χ0) is 15.6. The summed E-state index contributed by atoms with van der Waals surface area (Å²) in [5, 5.41) is 5.82. The predicted molar refractivity (Wildman–Crippen MR) is 93.3 cm³/mol. The fraction of sp³-hybridized carbons (Fsp3) is 0.190. The van der Waals surface area contributed by atoms with E-state index in [1.54, 1.807) is 0 Å². The minimum Gasteiger partial charge on any atom is -0.349 e. The van der Waals surface area contributed by atoms with Crippen molar-refractivity contribution in [1.29, 1.82) is 0 Å². The first-order chi connectivity index (χ1) is 11.3. The molecule has 3 aromatic carbocycles. The van der Waals surface area contributed by atoms with E-state index in [2.05, 4.69) is 41.7 Å². The Labute approximate surface area is 136 Å². The lowest BCUT2D eigenvalue weighted by Gasteiger charge is -2.26. The number of rotatable bonds is 3. The Kier molecular flexibility index (Phi) is 3.58. The first-order valence-electron chi connectivity index (χ1n) is 8.15. The number of aryl methyl sites for hydroxylation is 1. The van der Waals surface area contributed by atoms with Gasteiger partial charge in [0.15, 0.2) is 0 Å². The Bertz CT molecular complexity index is 849. The summed E-state index contributed by atoms with van der Waals surface area (Å²) in [4.78, 5) is 12.4. The van der Waals surface area contributed by atoms with E-state index in [0.717, 1.165) is 18.4 Å². The molecule has 3 aromatic rings. The number of benzene rings is 3. The third-order valence-electron chi connectivity index (χ3n) is 4.64. The van der Waals surface area contributed by atoms with E-state index >= 15 is 0 Å². The number of carbonyl (C=O) groups is 1. The van der Waals surface area contributed by atoms with E-state index in [9.17, 15) is 4.79 Å². The average Bonchev–Trinajstić information content (AvgIpc) is 2.58. The van der Waals surface area contributed by atoms with Crippen molar-refractivity contribution in [2.75, 3.05) is 0 Å². The topological polar surface area (TPSA) is 29.1 Å². The van der Waals surface area contributed by atoms with Gasteiger partial charge in [0.25, 0.3) is 0 Å². The van der Waals surface area contributed by atoms with Gasteiger partial charge >= 0.3 is 0 Å². The van der Waals surface area contributed by atoms with Crippen LogP contribution in [0.1, 0.15) is 29.2 Å². The highest BCUT2D eigenvalue weighted by Gasteiger charge is 2.22. The monoisotopic (exact) mass is 301 g/mol. The van der Waals surface area contributed by atoms with Crippen LogP contribution in [0.15, 0.2) is 66.7 Å². The third-order valence-corrected chi connectivity index (χ3v) is 4.64. The molecule has 1 atom stereocenters. The van der Waals surface area contributed by atoms with Crippen molar-refractivity contribution in [3.63, 3.8) is 0 Å². The normalized spacial score (nSPS) is 16.3. The molecule has 2 heteroatoms. The van der Waals surface area contributed by atoms with Crippen LogP contribution in [-0.4, -0.2) is 5.91 Å². The van der Waals surface area contributed by atoms with Crippen molar-refractivity contribution in [1.82, 2.24) is 5.32 Å². The van der Waals surface area contributed by atoms with Crippen LogP contribution in [0.25, 0.3) is 10.8 Å². The molecule has 1 aliphatic carbocycles. The zero-order valence-electron chi connectivity index (χ0n) is 13.0. The second-order valence-electron chi connectivity index (χ2n) is 6.18. The van der Waals surface area contributed by atoms with Crippen LogP contribution in [0.5, 0.6) is 0 Å². The van der Waals surface area contributed by atoms with E-state index in [-0.39, 0.29) is 11.9 Å². The van der Waals surface area contributed by atoms with Crippen LogP contribution in [0, 0.1) is 0 Å². The molecule has 0 heterocycles. The summed E-state index contributed by atoms with van der Waals surface area (Å²) in [6.45, 7) is 0. The number of nitrogens with one attached hydrogen (secondary N) is 1. The summed E-state index contributed by atoms with van der Waals surface area (Å²) < 4.78 is 0. The van der Waals surface area contributed by atoms with Gasteiger partial charge in [-0.1, -0.05) is 66.7 Å². The molecule has 1 N–H and O–H groups in total. The lowest BCUT2D eigenvalue weighted by Crippen LogP contribution is -2.31. The van der Waals surface area contributed by atoms with Crippen LogP contribution >= 0.6 is 0 Å². The molecule has 1 amide bonds. The average molecular weight is 301 g/mol. The smallest absolute Gasteiger partial charge is 0.224 e. The first kappa shape index (κ1) is 14.0. The van der Waals surface area contributed by atoms with Crippen molar-refractivity contribution in [3.05, 3.63) is 83.4 Å². The van der Waals surface area contributed by atoms with Crippen molar-refractivity contribution >= 4 is 16.7 Å². The number of carbonyl (C=O) groups excluding carboxylic acids is 1. The molecule has 0 saturated heterocycles. The molecule has 1 aliphatic rings. The molecule has 0 aromatic heterocycles. The van der Waals surface area contributed by atoms with Crippen LogP contribution in [0.2, 0.25) is 0 Å². The molecule has 23 heavy (non-hydrogen) atoms. The first-order valence-corrected chi connectivity index (χ1v) is 8.15. The van der Waals surface area contributed by atoms with E-state index in [1.165, 1.54) is 21.9 Å². The quantitative estimate of drug-likeness (QED) is 0.772. The fourth-order valence-corrected chi connectivity index (χ4v) is 3.58. The summed E-state index contributed by atoms with van der Waals surface area (Å²) in [5.41, 5.74) is 3.71. The maximum Gasteiger partial charge on any atom is 0.224 e. The van der Waals surface area contributed by atoms with Crippen LogP contribution in [0.3, 0.4) is 0 Å². The standard InChI is InChI=1S/C21H19NO/c23-20(14-15-6-2-1-3-7-15)22-19-13-12-17-9-4-8-16-10-5-11-18(19)21(16)17/h1-11,19H,12-14H2,(H,22,23). The van der Waals surface area contributed by atoms with Gasteiger partial charge in [-0.2, -0.15) is 0 Å². The Morgan fingerprint density at radius 2 is 1.74 bits per heavy atom. The predicted octanol–water partition coefficient (Wildman–Crippen LogP) is 4.19. The highest BCUT2D eigenvalue weighted by Crippen LogP contribution is 2.35. The van der Waals surface area contributed by atoms with Crippen molar-refractivity contribution < 1.29 is 4.79 Å². The van der Waals surface area contributed by atoms with Gasteiger partial charge in [-0.3, -0.25) is 4.79 Å². The van der Waals surface area contributed by atoms with E-state index in [1.807, 2.05) is 30.3 Å². The van der Waals surface area contributed by atoms with Crippen molar-refractivity contribution in [2.45, 2.75) is 25.3 Å². The highest BCUT2D eigenvalue weighted by atomic mass is 16.1. The summed E-state index contributed by atoms with van der Waals surface area (Å²) in [7, 11) is 0. The van der Waals surface area contributed by atoms with E-state index in [0.29, 0.717) is 6.42 Å². The van der Waals surface area contributed by atoms with Gasteiger partial charge < -0.3 is 5.32 Å². The van der Waals surface area contributed by atoms with E-state index < -0.39 is 0 Å². The Hall–Kier alpha value is -2.61. The van der Waals surface area contributed by atoms with Crippen LogP contribution in [-0.2, 0) is 17.6 Å². The molecule has 114 valence electrons. The summed E-state index contributed by atoms with van der Waals surface area (Å²) in [6, 6.07) is 22.9. The van der Waals surface area contributed by atoms with Gasteiger partial charge in [0.05, 0.1) is 12.5 Å². The van der Waals surface area contributed by atoms with Gasteiger partial charge in [0, 0.05) is 0 Å². The summed E-state index contributed by atoms with van der Waals surface area (Å²) >= 11 is 0. The number of hydrogen-bond acceptors (Lipinski definition) is 1. The van der Waals surface area contributed by atoms with Gasteiger partial charge in [-0.15, -0.1) is 0 Å². The maximum absolute atomic E-state index is 12.4. The molecular weight excluding hydrogens is 282 g/mol. The number of amides is 1. The largest absolute Gasteiger partial charge is 0.349 e. The van der Waals surface area contributed by atoms with Crippen LogP contribution in [0.4, 0.5) is 0 Å². The zero-order valence-corrected chi connectivity index (χ0v) is 13.0. The van der Waals surface area contributed by atoms with Crippen molar-refractivity contribution in [2.24, 2.45) is 0 Å². The third kappa shape index (κ3) is 2.72. The molecule has 0 spiro atoms. The molecule has 0 saturated carbocycles. The molecular formula is C21H19NO. The maximum atomic E-state index is 12.4. The molecule has 0 fully saturated rings. The SMILES string of the molecule is O=C(Cc1ccccc1)NC1CCc2cccc3cccc1c23. The van der Waals surface area contributed by atoms with Gasteiger partial charge in [-0.25, -0.2) is 0 Å². The Morgan fingerprint density at radius 1 is 0.957 bits per heavy atom. The summed E-state index contributed by atoms with van der Waals surface area (Å²) in [5.74, 6) is 0.0950. The lowest BCUT2D eigenvalue weighted by atomic mass is 9.85. The lowest BCUT2D eigenvalue weighted by molar-refractivity contribution is -0.121. The molecule has 0 bridgehead atoms. The second-order valence-corrected chi connectivity index (χ2v) is 6.18. The Morgan fingerprint density at radius 3 is 2.57 bits per heavy atom. The minimum absolute atomic E-state index is 0.0950. The molecule has 4 rings (SSSR count). The van der Waals surface area contributed by atoms with Crippen molar-refractivity contribution in [3.8, 4) is 0 Å². The summed E-state index contributed by atoms with van der Waals surface area (Å²) in [6.07, 6.45) is 2.43. The Balaban J connectivity index is 1.59. The van der Waals surface area contributed by atoms with Gasteiger partial charge in [0.2, 0.25) is 5.91 Å². The van der Waals surface area contributed by atoms with Crippen LogP contribution < -0.4 is 5.32 Å². The molecule has 2 nitrogen and oxygen atoms in total. The highest BCUT2D eigenvalue weighted by molar-refractivity contribution is 5.90. The molecule has 1 unspecified atom stereocenters. The van der Waals surface area contributed by atoms with Gasteiger partial charge in [-0.05, 0) is 40.3 Å². The minimum atomic E-state index is 0.0950. The van der Waals surface area contributed by atoms with Gasteiger partial charge in [0.1, 0.15) is 0 Å². The fourth-order valence-electron chi connectivity index (χ4n) is 3.58. The second kappa shape index (κ2) is 5.88. The molecule has 0 radical (unpaired) electrons.